The SMILES string of the molecule is CC1Oc2ccc(C(=O)CCC(=O)N(C)Cc3ccccc3)cc2N(C)C1=O. The van der Waals surface area contributed by atoms with Gasteiger partial charge in [0.2, 0.25) is 5.91 Å². The zero-order valence-electron chi connectivity index (χ0n) is 16.3. The molecule has 6 heteroatoms. The first-order chi connectivity index (χ1) is 13.4. The summed E-state index contributed by atoms with van der Waals surface area (Å²) in [7, 11) is 3.40. The number of ketones is 1. The molecule has 1 heterocycles. The smallest absolute Gasteiger partial charge is 0.267 e. The minimum Gasteiger partial charge on any atom is -0.479 e. The van der Waals surface area contributed by atoms with E-state index in [1.54, 1.807) is 44.1 Å². The molecule has 1 aliphatic heterocycles. The summed E-state index contributed by atoms with van der Waals surface area (Å²) < 4.78 is 5.57. The summed E-state index contributed by atoms with van der Waals surface area (Å²) in [6.07, 6.45) is -0.287. The lowest BCUT2D eigenvalue weighted by atomic mass is 10.0. The fraction of sp³-hybridized carbons (Fsp3) is 0.318. The molecule has 1 unspecified atom stereocenters. The average Bonchev–Trinajstić information content (AvgIpc) is 2.70. The molecule has 0 saturated carbocycles. The lowest BCUT2D eigenvalue weighted by molar-refractivity contribution is -0.130. The Kier molecular flexibility index (Phi) is 5.78. The predicted octanol–water partition coefficient (Wildman–Crippen LogP) is 3.05. The van der Waals surface area contributed by atoms with E-state index >= 15 is 0 Å². The minimum absolute atomic E-state index is 0.0837. The molecule has 1 atom stereocenters. The summed E-state index contributed by atoms with van der Waals surface area (Å²) in [4.78, 5) is 40.1. The maximum Gasteiger partial charge on any atom is 0.267 e. The number of benzene rings is 2. The molecular formula is C22H24N2O4. The van der Waals surface area contributed by atoms with Crippen LogP contribution in [0.4, 0.5) is 5.69 Å². The van der Waals surface area contributed by atoms with Crippen molar-refractivity contribution >= 4 is 23.3 Å². The molecular weight excluding hydrogens is 356 g/mol. The average molecular weight is 380 g/mol. The maximum absolute atomic E-state index is 12.6. The lowest BCUT2D eigenvalue weighted by Gasteiger charge is -2.30. The molecule has 6 nitrogen and oxygen atoms in total. The monoisotopic (exact) mass is 380 g/mol. The number of carbonyl (C=O) groups excluding carboxylic acids is 3. The Morgan fingerprint density at radius 2 is 1.82 bits per heavy atom. The Morgan fingerprint density at radius 3 is 2.54 bits per heavy atom. The van der Waals surface area contributed by atoms with E-state index in [1.807, 2.05) is 30.3 Å². The number of likely N-dealkylation sites (N-methyl/N-ethyl adjacent to an activating group) is 1. The second-order valence-electron chi connectivity index (χ2n) is 7.00. The van der Waals surface area contributed by atoms with Crippen LogP contribution in [0, 0.1) is 0 Å². The van der Waals surface area contributed by atoms with Crippen molar-refractivity contribution in [2.45, 2.75) is 32.4 Å². The van der Waals surface area contributed by atoms with Gasteiger partial charge in [0, 0.05) is 39.0 Å². The number of Topliss-reactive ketones (excluding diaryl/α,β-unsaturated/α-hetero) is 1. The predicted molar refractivity (Wildman–Crippen MR) is 106 cm³/mol. The second kappa shape index (κ2) is 8.25. The molecule has 0 aliphatic carbocycles. The Hall–Kier alpha value is -3.15. The minimum atomic E-state index is -0.545. The van der Waals surface area contributed by atoms with Crippen molar-refractivity contribution in [1.29, 1.82) is 0 Å². The molecule has 2 amide bonds. The molecule has 146 valence electrons. The third-order valence-corrected chi connectivity index (χ3v) is 4.88. The van der Waals surface area contributed by atoms with Crippen LogP contribution in [0.1, 0.15) is 35.7 Å². The standard InChI is InChI=1S/C22H24N2O4/c1-15-22(27)24(3)18-13-17(9-11-20(18)28-15)19(25)10-12-21(26)23(2)14-16-7-5-4-6-8-16/h4-9,11,13,15H,10,12,14H2,1-3H3. The summed E-state index contributed by atoms with van der Waals surface area (Å²) >= 11 is 0. The molecule has 0 spiro atoms. The summed E-state index contributed by atoms with van der Waals surface area (Å²) in [6.45, 7) is 2.20. The van der Waals surface area contributed by atoms with E-state index in [1.165, 1.54) is 4.90 Å². The van der Waals surface area contributed by atoms with Crippen molar-refractivity contribution < 1.29 is 19.1 Å². The van der Waals surface area contributed by atoms with Gasteiger partial charge in [-0.25, -0.2) is 0 Å². The topological polar surface area (TPSA) is 66.9 Å². The number of rotatable bonds is 6. The lowest BCUT2D eigenvalue weighted by Crippen LogP contribution is -2.42. The Balaban J connectivity index is 1.61. The van der Waals surface area contributed by atoms with E-state index in [-0.39, 0.29) is 30.4 Å². The zero-order chi connectivity index (χ0) is 20.3. The summed E-state index contributed by atoms with van der Waals surface area (Å²) in [5.74, 6) is 0.197. The van der Waals surface area contributed by atoms with Crippen molar-refractivity contribution in [2.75, 3.05) is 19.0 Å². The van der Waals surface area contributed by atoms with Gasteiger partial charge in [0.15, 0.2) is 11.9 Å². The highest BCUT2D eigenvalue weighted by atomic mass is 16.5. The summed E-state index contributed by atoms with van der Waals surface area (Å²) in [5, 5.41) is 0. The number of carbonyl (C=O) groups is 3. The van der Waals surface area contributed by atoms with Crippen molar-refractivity contribution in [3.05, 3.63) is 59.7 Å². The summed E-state index contributed by atoms with van der Waals surface area (Å²) in [6, 6.07) is 14.7. The van der Waals surface area contributed by atoms with Crippen LogP contribution in [0.25, 0.3) is 0 Å². The third-order valence-electron chi connectivity index (χ3n) is 4.88. The van der Waals surface area contributed by atoms with Crippen LogP contribution in [0.3, 0.4) is 0 Å². The van der Waals surface area contributed by atoms with Gasteiger partial charge in [-0.3, -0.25) is 14.4 Å². The first-order valence-corrected chi connectivity index (χ1v) is 9.26. The van der Waals surface area contributed by atoms with Gasteiger partial charge in [-0.2, -0.15) is 0 Å². The molecule has 0 N–H and O–H groups in total. The Bertz CT molecular complexity index is 895. The number of amides is 2. The van der Waals surface area contributed by atoms with Crippen LogP contribution in [-0.4, -0.2) is 42.7 Å². The van der Waals surface area contributed by atoms with E-state index in [2.05, 4.69) is 0 Å². The molecule has 0 bridgehead atoms. The van der Waals surface area contributed by atoms with Crippen LogP contribution in [-0.2, 0) is 16.1 Å². The molecule has 3 rings (SSSR count). The normalized spacial score (nSPS) is 15.6. The zero-order valence-corrected chi connectivity index (χ0v) is 16.3. The molecule has 0 aromatic heterocycles. The maximum atomic E-state index is 12.6. The Morgan fingerprint density at radius 1 is 1.11 bits per heavy atom. The van der Waals surface area contributed by atoms with E-state index in [9.17, 15) is 14.4 Å². The van der Waals surface area contributed by atoms with Gasteiger partial charge in [-0.1, -0.05) is 30.3 Å². The van der Waals surface area contributed by atoms with Crippen LogP contribution in [0.2, 0.25) is 0 Å². The van der Waals surface area contributed by atoms with Crippen LogP contribution >= 0.6 is 0 Å². The number of anilines is 1. The van der Waals surface area contributed by atoms with Crippen molar-refractivity contribution in [3.8, 4) is 5.75 Å². The highest BCUT2D eigenvalue weighted by molar-refractivity contribution is 6.03. The van der Waals surface area contributed by atoms with Gasteiger partial charge in [0.1, 0.15) is 5.75 Å². The molecule has 1 aliphatic rings. The number of hydrogen-bond acceptors (Lipinski definition) is 4. The number of ether oxygens (including phenoxy) is 1. The fourth-order valence-corrected chi connectivity index (χ4v) is 3.19. The van der Waals surface area contributed by atoms with Crippen molar-refractivity contribution in [3.63, 3.8) is 0 Å². The van der Waals surface area contributed by atoms with E-state index in [4.69, 9.17) is 4.74 Å². The van der Waals surface area contributed by atoms with Gasteiger partial charge >= 0.3 is 0 Å². The van der Waals surface area contributed by atoms with Gasteiger partial charge in [0.05, 0.1) is 5.69 Å². The largest absolute Gasteiger partial charge is 0.479 e. The van der Waals surface area contributed by atoms with Gasteiger partial charge in [-0.15, -0.1) is 0 Å². The molecule has 0 fully saturated rings. The molecule has 0 saturated heterocycles. The van der Waals surface area contributed by atoms with E-state index < -0.39 is 6.10 Å². The molecule has 28 heavy (non-hydrogen) atoms. The van der Waals surface area contributed by atoms with Crippen LogP contribution < -0.4 is 9.64 Å². The molecule has 2 aromatic carbocycles. The second-order valence-corrected chi connectivity index (χ2v) is 7.00. The van der Waals surface area contributed by atoms with Crippen LogP contribution in [0.15, 0.2) is 48.5 Å². The highest BCUT2D eigenvalue weighted by Crippen LogP contribution is 2.34. The van der Waals surface area contributed by atoms with Gasteiger partial charge in [0.25, 0.3) is 5.91 Å². The molecule has 2 aromatic rings. The number of nitrogens with zero attached hydrogens (tertiary/aromatic N) is 2. The van der Waals surface area contributed by atoms with E-state index in [0.717, 1.165) is 5.56 Å². The third kappa shape index (κ3) is 4.22. The first-order valence-electron chi connectivity index (χ1n) is 9.26. The van der Waals surface area contributed by atoms with Crippen molar-refractivity contribution in [2.24, 2.45) is 0 Å². The number of fused-ring (bicyclic) bond motifs is 1. The first kappa shape index (κ1) is 19.6. The summed E-state index contributed by atoms with van der Waals surface area (Å²) in [5.41, 5.74) is 2.08. The fourth-order valence-electron chi connectivity index (χ4n) is 3.19. The highest BCUT2D eigenvalue weighted by Gasteiger charge is 2.29. The van der Waals surface area contributed by atoms with E-state index in [0.29, 0.717) is 23.5 Å². The van der Waals surface area contributed by atoms with Crippen LogP contribution in [0.5, 0.6) is 5.75 Å². The molecule has 0 radical (unpaired) electrons. The number of hydrogen-bond donors (Lipinski definition) is 0. The Labute approximate surface area is 164 Å². The van der Waals surface area contributed by atoms with Crippen molar-refractivity contribution in [1.82, 2.24) is 4.90 Å². The van der Waals surface area contributed by atoms with Gasteiger partial charge < -0.3 is 14.5 Å². The van der Waals surface area contributed by atoms with Gasteiger partial charge in [-0.05, 0) is 30.7 Å². The quantitative estimate of drug-likeness (QED) is 0.723.